The van der Waals surface area contributed by atoms with Gasteiger partial charge in [0.1, 0.15) is 0 Å². The zero-order valence-corrected chi connectivity index (χ0v) is 10.4. The predicted molar refractivity (Wildman–Crippen MR) is 37.2 cm³/mol. The first-order valence-corrected chi connectivity index (χ1v) is 8.49. The van der Waals surface area contributed by atoms with E-state index >= 15 is 0 Å². The second-order valence-electron chi connectivity index (χ2n) is 1.62. The van der Waals surface area contributed by atoms with E-state index in [-0.39, 0.29) is 24.8 Å². The molecule has 0 aliphatic rings. The van der Waals surface area contributed by atoms with Crippen LogP contribution in [0.5, 0.6) is 0 Å². The van der Waals surface area contributed by atoms with Gasteiger partial charge in [0.05, 0.1) is 0 Å². The molecule has 0 aromatic heterocycles. The van der Waals surface area contributed by atoms with Gasteiger partial charge in [-0.1, -0.05) is 0 Å². The van der Waals surface area contributed by atoms with E-state index in [2.05, 4.69) is 20.8 Å². The van der Waals surface area contributed by atoms with E-state index < -0.39 is 20.2 Å². The third kappa shape index (κ3) is 9.40. The summed E-state index contributed by atoms with van der Waals surface area (Å²) in [5.74, 6) is 0. The molecule has 9 heavy (non-hydrogen) atoms. The molecule has 0 saturated carbocycles. The number of hydrogen-bond donors (Lipinski definition) is 0. The van der Waals surface area contributed by atoms with Crippen LogP contribution in [-0.4, -0.2) is 20.2 Å². The summed E-state index contributed by atoms with van der Waals surface area (Å²) in [6.07, 6.45) is 0. The summed E-state index contributed by atoms with van der Waals surface area (Å²) in [5.41, 5.74) is 0. The van der Waals surface area contributed by atoms with Crippen LogP contribution in [-0.2, 0) is 0 Å². The molecule has 0 unspecified atom stereocenters. The van der Waals surface area contributed by atoms with Crippen molar-refractivity contribution in [2.75, 3.05) is 0 Å². The van der Waals surface area contributed by atoms with Crippen molar-refractivity contribution >= 4 is 20.2 Å². The van der Waals surface area contributed by atoms with E-state index in [9.17, 15) is 0 Å². The fourth-order valence-corrected chi connectivity index (χ4v) is 4.50. The molecule has 0 N–H and O–H groups in total. The Hall–Kier alpha value is 1.40. The molecule has 0 radical (unpaired) electrons. The van der Waals surface area contributed by atoms with E-state index in [0.29, 0.717) is 0 Å². The first-order valence-electron chi connectivity index (χ1n) is 3.07. The molecule has 0 heterocycles. The first-order chi connectivity index (χ1) is 3.35. The van der Waals surface area contributed by atoms with Crippen molar-refractivity contribution in [3.05, 3.63) is 0 Å². The second-order valence-corrected chi connectivity index (χ2v) is 10.9. The molecule has 0 rings (SSSR count). The normalized spacial score (nSPS) is 7.00. The van der Waals surface area contributed by atoms with Crippen LogP contribution < -0.4 is 24.8 Å². The molecule has 58 valence electrons. The van der Waals surface area contributed by atoms with Crippen LogP contribution in [0.15, 0.2) is 0 Å². The van der Waals surface area contributed by atoms with Gasteiger partial charge >= 0.3 is 54.1 Å². The van der Waals surface area contributed by atoms with Gasteiger partial charge in [0.2, 0.25) is 0 Å². The zero-order valence-electron chi connectivity index (χ0n) is 6.32. The summed E-state index contributed by atoms with van der Waals surface area (Å²) in [7, 11) is 0. The quantitative estimate of drug-likeness (QED) is 0.472. The maximum atomic E-state index is 2.34. The van der Waals surface area contributed by atoms with Crippen LogP contribution in [0.4, 0.5) is 0 Å². The Morgan fingerprint density at radius 2 is 1.00 bits per heavy atom. The van der Waals surface area contributed by atoms with Crippen LogP contribution in [0.2, 0.25) is 13.1 Å². The Kier molecular flexibility index (Phi) is 22.6. The minimum atomic E-state index is -0.542. The molecule has 0 amide bonds. The van der Waals surface area contributed by atoms with Crippen molar-refractivity contribution in [2.45, 2.75) is 33.9 Å². The largest absolute Gasteiger partial charge is 1.00 e. The predicted octanol–water partition coefficient (Wildman–Crippen LogP) is -3.45. The molecule has 0 aliphatic heterocycles. The third-order valence-electron chi connectivity index (χ3n) is 1.34. The summed E-state index contributed by atoms with van der Waals surface area (Å²) in [6.45, 7) is 7.03. The van der Waals surface area contributed by atoms with Crippen molar-refractivity contribution in [1.82, 2.24) is 0 Å². The molecular formula is C6H15Cl2Sb. The smallest absolute Gasteiger partial charge is 1.00 e. The molecule has 0 saturated heterocycles. The monoisotopic (exact) mass is 278 g/mol. The van der Waals surface area contributed by atoms with Gasteiger partial charge in [0.15, 0.2) is 0 Å². The van der Waals surface area contributed by atoms with E-state index in [1.807, 2.05) is 0 Å². The van der Waals surface area contributed by atoms with Crippen LogP contribution >= 0.6 is 0 Å². The molecule has 0 nitrogen and oxygen atoms in total. The molecule has 0 aliphatic carbocycles. The molecule has 0 atom stereocenters. The minimum absolute atomic E-state index is 0. The van der Waals surface area contributed by atoms with E-state index in [1.54, 1.807) is 0 Å². The zero-order chi connectivity index (χ0) is 5.70. The third-order valence-corrected chi connectivity index (χ3v) is 9.00. The van der Waals surface area contributed by atoms with Crippen LogP contribution in [0.25, 0.3) is 0 Å². The van der Waals surface area contributed by atoms with Crippen LogP contribution in [0, 0.1) is 0 Å². The fourth-order valence-electron chi connectivity index (χ4n) is 0.671. The maximum Gasteiger partial charge on any atom is -1.00 e. The average molecular weight is 280 g/mol. The summed E-state index contributed by atoms with van der Waals surface area (Å²) in [5, 5.41) is 0. The Balaban J connectivity index is -0.000000180. The number of hydrogen-bond acceptors (Lipinski definition) is 0. The van der Waals surface area contributed by atoms with Gasteiger partial charge in [-0.15, -0.1) is 0 Å². The van der Waals surface area contributed by atoms with Crippen molar-refractivity contribution in [3.63, 3.8) is 0 Å². The van der Waals surface area contributed by atoms with E-state index in [0.717, 1.165) is 0 Å². The number of halogens is 2. The molecular weight excluding hydrogens is 265 g/mol. The Morgan fingerprint density at radius 1 is 0.778 bits per heavy atom. The van der Waals surface area contributed by atoms with Gasteiger partial charge in [0.25, 0.3) is 0 Å². The summed E-state index contributed by atoms with van der Waals surface area (Å²) >= 11 is -0.542. The van der Waals surface area contributed by atoms with Crippen molar-refractivity contribution in [1.29, 1.82) is 0 Å². The summed E-state index contributed by atoms with van der Waals surface area (Å²) in [4.78, 5) is 0. The summed E-state index contributed by atoms with van der Waals surface area (Å²) < 4.78 is 4.61. The molecule has 0 aromatic carbocycles. The Labute approximate surface area is 78.6 Å². The van der Waals surface area contributed by atoms with E-state index in [4.69, 9.17) is 0 Å². The van der Waals surface area contributed by atoms with E-state index in [1.165, 1.54) is 13.1 Å². The summed E-state index contributed by atoms with van der Waals surface area (Å²) in [6, 6.07) is 0. The van der Waals surface area contributed by atoms with Crippen LogP contribution in [0.1, 0.15) is 20.8 Å². The fraction of sp³-hybridized carbons (Fsp3) is 1.00. The van der Waals surface area contributed by atoms with Gasteiger partial charge < -0.3 is 24.8 Å². The van der Waals surface area contributed by atoms with Gasteiger partial charge in [0, 0.05) is 0 Å². The van der Waals surface area contributed by atoms with Gasteiger partial charge in [-0.3, -0.25) is 0 Å². The van der Waals surface area contributed by atoms with Crippen molar-refractivity contribution in [3.8, 4) is 0 Å². The molecule has 0 fully saturated rings. The Bertz CT molecular complexity index is 32.5. The van der Waals surface area contributed by atoms with Gasteiger partial charge in [-0.2, -0.15) is 0 Å². The molecule has 0 bridgehead atoms. The van der Waals surface area contributed by atoms with Crippen molar-refractivity contribution < 1.29 is 24.8 Å². The molecule has 0 aromatic rings. The average Bonchev–Trinajstić information content (AvgIpc) is 1.72. The number of rotatable bonds is 3. The topological polar surface area (TPSA) is 0 Å². The molecule has 3 heteroatoms. The Morgan fingerprint density at radius 3 is 1.00 bits per heavy atom. The minimum Gasteiger partial charge on any atom is -1.00 e. The maximum absolute atomic E-state index is 2.34. The van der Waals surface area contributed by atoms with Crippen LogP contribution in [0.3, 0.4) is 0 Å². The molecule has 0 spiro atoms. The van der Waals surface area contributed by atoms with Gasteiger partial charge in [-0.05, 0) is 0 Å². The van der Waals surface area contributed by atoms with Crippen molar-refractivity contribution in [2.24, 2.45) is 0 Å². The SMILES string of the molecule is C[CH2][Sb+2]([CH2]C)[CH2]C.[Cl-].[Cl-]. The first kappa shape index (κ1) is 16.8. The second kappa shape index (κ2) is 12.1. The van der Waals surface area contributed by atoms with Gasteiger partial charge in [-0.25, -0.2) is 0 Å². The standard InChI is InChI=1S/3C2H5.2ClH.Sb/c3*1-2;;;/h3*1H2,2H3;2*1H;/q;;;;;+2/p-2.